The average molecular weight is 428 g/mol. The Bertz CT molecular complexity index is 1090. The minimum absolute atomic E-state index is 0.0457. The smallest absolute Gasteiger partial charge is 0.225 e. The number of nitrogens with one attached hydrogen (secondary N) is 1. The van der Waals surface area contributed by atoms with Crippen molar-refractivity contribution in [3.05, 3.63) is 96.1 Å². The van der Waals surface area contributed by atoms with E-state index in [1.807, 2.05) is 54.6 Å². The first kappa shape index (κ1) is 19.8. The van der Waals surface area contributed by atoms with Crippen molar-refractivity contribution < 1.29 is 4.79 Å². The van der Waals surface area contributed by atoms with Gasteiger partial charge in [0, 0.05) is 13.1 Å². The molecule has 1 saturated heterocycles. The Morgan fingerprint density at radius 2 is 1.58 bits per heavy atom. The van der Waals surface area contributed by atoms with Crippen LogP contribution in [0.5, 0.6) is 0 Å². The van der Waals surface area contributed by atoms with E-state index in [1.54, 1.807) is 11.3 Å². The molecule has 4 nitrogen and oxygen atoms in total. The fourth-order valence-corrected chi connectivity index (χ4v) is 5.27. The number of hydrogen-bond donors (Lipinski definition) is 1. The van der Waals surface area contributed by atoms with Gasteiger partial charge in [0.2, 0.25) is 5.91 Å². The lowest BCUT2D eigenvalue weighted by molar-refractivity contribution is -0.125. The van der Waals surface area contributed by atoms with E-state index in [4.69, 9.17) is 4.98 Å². The first-order valence-electron chi connectivity index (χ1n) is 10.8. The highest BCUT2D eigenvalue weighted by Gasteiger charge is 2.29. The summed E-state index contributed by atoms with van der Waals surface area (Å²) in [6.45, 7) is 1.66. The van der Waals surface area contributed by atoms with Gasteiger partial charge in [-0.3, -0.25) is 4.79 Å². The number of piperidine rings is 1. The van der Waals surface area contributed by atoms with Crippen molar-refractivity contribution in [1.29, 1.82) is 0 Å². The number of para-hydroxylation sites is 1. The van der Waals surface area contributed by atoms with E-state index in [0.29, 0.717) is 6.54 Å². The van der Waals surface area contributed by atoms with Crippen molar-refractivity contribution in [1.82, 2.24) is 10.3 Å². The van der Waals surface area contributed by atoms with E-state index in [0.717, 1.165) is 41.2 Å². The molecule has 1 unspecified atom stereocenters. The molecule has 0 radical (unpaired) electrons. The van der Waals surface area contributed by atoms with Gasteiger partial charge in [0.1, 0.15) is 0 Å². The van der Waals surface area contributed by atoms with E-state index in [2.05, 4.69) is 40.5 Å². The number of benzene rings is 3. The summed E-state index contributed by atoms with van der Waals surface area (Å²) in [6, 6.07) is 28.5. The minimum atomic E-state index is -0.146. The molecule has 3 aromatic carbocycles. The Kier molecular flexibility index (Phi) is 5.67. The van der Waals surface area contributed by atoms with Crippen molar-refractivity contribution in [3.63, 3.8) is 0 Å². The maximum absolute atomic E-state index is 13.3. The second-order valence-electron chi connectivity index (χ2n) is 8.01. The van der Waals surface area contributed by atoms with Crippen LogP contribution in [0.3, 0.4) is 0 Å². The van der Waals surface area contributed by atoms with Crippen LogP contribution < -0.4 is 10.2 Å². The first-order chi connectivity index (χ1) is 15.3. The second-order valence-corrected chi connectivity index (χ2v) is 9.02. The fourth-order valence-electron chi connectivity index (χ4n) is 4.27. The highest BCUT2D eigenvalue weighted by molar-refractivity contribution is 7.22. The lowest BCUT2D eigenvalue weighted by atomic mass is 9.94. The number of hydrogen-bond acceptors (Lipinski definition) is 4. The molecule has 1 atom stereocenters. The molecular formula is C26H25N3OS. The van der Waals surface area contributed by atoms with Crippen molar-refractivity contribution in [2.45, 2.75) is 18.9 Å². The molecule has 1 aliphatic heterocycles. The normalized spacial score (nSPS) is 16.5. The number of rotatable bonds is 5. The Balaban J connectivity index is 1.34. The topological polar surface area (TPSA) is 45.2 Å². The van der Waals surface area contributed by atoms with Crippen molar-refractivity contribution >= 4 is 32.6 Å². The summed E-state index contributed by atoms with van der Waals surface area (Å²) in [5.41, 5.74) is 3.23. The van der Waals surface area contributed by atoms with Crippen LogP contribution in [-0.2, 0) is 4.79 Å². The zero-order valence-corrected chi connectivity index (χ0v) is 18.1. The molecule has 31 heavy (non-hydrogen) atoms. The first-order valence-corrected chi connectivity index (χ1v) is 11.6. The van der Waals surface area contributed by atoms with Gasteiger partial charge in [-0.2, -0.15) is 0 Å². The molecule has 1 aliphatic rings. The summed E-state index contributed by atoms with van der Waals surface area (Å²) in [5, 5.41) is 4.35. The molecule has 5 rings (SSSR count). The Morgan fingerprint density at radius 1 is 0.935 bits per heavy atom. The predicted molar refractivity (Wildman–Crippen MR) is 127 cm³/mol. The number of nitrogens with zero attached hydrogens (tertiary/aromatic N) is 2. The number of fused-ring (bicyclic) bond motifs is 1. The van der Waals surface area contributed by atoms with Gasteiger partial charge in [-0.15, -0.1) is 0 Å². The maximum Gasteiger partial charge on any atom is 0.225 e. The van der Waals surface area contributed by atoms with Crippen molar-refractivity contribution in [2.75, 3.05) is 18.0 Å². The average Bonchev–Trinajstić information content (AvgIpc) is 3.28. The molecule has 0 bridgehead atoms. The molecular weight excluding hydrogens is 402 g/mol. The third-order valence-corrected chi connectivity index (χ3v) is 6.99. The van der Waals surface area contributed by atoms with Crippen LogP contribution in [0.2, 0.25) is 0 Å². The van der Waals surface area contributed by atoms with Gasteiger partial charge < -0.3 is 10.2 Å². The summed E-state index contributed by atoms with van der Waals surface area (Å²) >= 11 is 1.71. The van der Waals surface area contributed by atoms with Crippen molar-refractivity contribution in [3.8, 4) is 0 Å². The Labute approximate surface area is 186 Å². The van der Waals surface area contributed by atoms with E-state index in [9.17, 15) is 4.79 Å². The molecule has 0 aliphatic carbocycles. The van der Waals surface area contributed by atoms with E-state index >= 15 is 0 Å². The summed E-state index contributed by atoms with van der Waals surface area (Å²) in [7, 11) is 0. The highest BCUT2D eigenvalue weighted by Crippen LogP contribution is 2.32. The van der Waals surface area contributed by atoms with Crippen molar-refractivity contribution in [2.24, 2.45) is 5.92 Å². The molecule has 1 fully saturated rings. The lowest BCUT2D eigenvalue weighted by Gasteiger charge is -2.33. The largest absolute Gasteiger partial charge is 0.347 e. The summed E-state index contributed by atoms with van der Waals surface area (Å²) in [4.78, 5) is 20.4. The highest BCUT2D eigenvalue weighted by atomic mass is 32.1. The number of amides is 1. The van der Waals surface area contributed by atoms with Crippen LogP contribution in [0.4, 0.5) is 5.13 Å². The Morgan fingerprint density at radius 3 is 2.26 bits per heavy atom. The minimum Gasteiger partial charge on any atom is -0.347 e. The van der Waals surface area contributed by atoms with E-state index in [-0.39, 0.29) is 17.9 Å². The standard InChI is InChI=1S/C26H25N3OS/c30-25(28-24(19-10-3-1-4-11-19)20-12-5-2-6-13-20)21-14-9-17-29(18-21)26-27-22-15-7-8-16-23(22)31-26/h1-8,10-13,15-16,21,24H,9,14,17-18H2,(H,28,30). The maximum atomic E-state index is 13.3. The van der Waals surface area contributed by atoms with Crippen LogP contribution in [-0.4, -0.2) is 24.0 Å². The summed E-state index contributed by atoms with van der Waals surface area (Å²) in [6.07, 6.45) is 1.90. The van der Waals surface area contributed by atoms with Gasteiger partial charge >= 0.3 is 0 Å². The molecule has 156 valence electrons. The number of carbonyl (C=O) groups is 1. The van der Waals surface area contributed by atoms with Crippen LogP contribution in [0.25, 0.3) is 10.2 Å². The number of aromatic nitrogens is 1. The van der Waals surface area contributed by atoms with Gasteiger partial charge in [0.15, 0.2) is 5.13 Å². The van der Waals surface area contributed by atoms with Crippen LogP contribution in [0, 0.1) is 5.92 Å². The second kappa shape index (κ2) is 8.90. The molecule has 1 amide bonds. The third-order valence-electron chi connectivity index (χ3n) is 5.90. The van der Waals surface area contributed by atoms with E-state index in [1.165, 1.54) is 4.70 Å². The van der Waals surface area contributed by atoms with Gasteiger partial charge in [0.05, 0.1) is 22.2 Å². The number of anilines is 1. The molecule has 0 saturated carbocycles. The van der Waals surface area contributed by atoms with Crippen LogP contribution in [0.1, 0.15) is 30.0 Å². The Hall–Kier alpha value is -3.18. The van der Waals surface area contributed by atoms with Gasteiger partial charge in [0.25, 0.3) is 0 Å². The number of thiazole rings is 1. The molecule has 1 aromatic heterocycles. The SMILES string of the molecule is O=C(NC(c1ccccc1)c1ccccc1)C1CCCN(c2nc3ccccc3s2)C1. The molecule has 2 heterocycles. The van der Waals surface area contributed by atoms with Gasteiger partial charge in [-0.05, 0) is 36.1 Å². The van der Waals surface area contributed by atoms with Crippen LogP contribution in [0.15, 0.2) is 84.9 Å². The zero-order valence-electron chi connectivity index (χ0n) is 17.3. The molecule has 0 spiro atoms. The molecule has 5 heteroatoms. The molecule has 1 N–H and O–H groups in total. The molecule has 4 aromatic rings. The predicted octanol–water partition coefficient (Wildman–Crippen LogP) is 5.42. The summed E-state index contributed by atoms with van der Waals surface area (Å²) < 4.78 is 1.19. The third kappa shape index (κ3) is 4.32. The van der Waals surface area contributed by atoms with E-state index < -0.39 is 0 Å². The van der Waals surface area contributed by atoms with Gasteiger partial charge in [-0.25, -0.2) is 4.98 Å². The zero-order chi connectivity index (χ0) is 21.0. The number of carbonyl (C=O) groups excluding carboxylic acids is 1. The van der Waals surface area contributed by atoms with Gasteiger partial charge in [-0.1, -0.05) is 84.1 Å². The lowest BCUT2D eigenvalue weighted by Crippen LogP contribution is -2.44. The quantitative estimate of drug-likeness (QED) is 0.463. The van der Waals surface area contributed by atoms with Crippen LogP contribution >= 0.6 is 11.3 Å². The fraction of sp³-hybridized carbons (Fsp3) is 0.231. The monoisotopic (exact) mass is 427 g/mol. The summed E-state index contributed by atoms with van der Waals surface area (Å²) in [5.74, 6) is 0.0687.